The van der Waals surface area contributed by atoms with Crippen molar-refractivity contribution in [1.82, 2.24) is 14.9 Å². The van der Waals surface area contributed by atoms with E-state index in [1.54, 1.807) is 23.2 Å². The number of carbonyl (C=O) groups excluding carboxylic acids is 2. The average Bonchev–Trinajstić information content (AvgIpc) is 3.34. The number of nitrogens with zero attached hydrogens (tertiary/aromatic N) is 5. The minimum absolute atomic E-state index is 0.179. The predicted octanol–water partition coefficient (Wildman–Crippen LogP) is 4.06. The highest BCUT2D eigenvalue weighted by Crippen LogP contribution is 2.36. The lowest BCUT2D eigenvalue weighted by Gasteiger charge is -2.36. The third kappa shape index (κ3) is 6.50. The molecule has 0 atom stereocenters. The van der Waals surface area contributed by atoms with E-state index in [4.69, 9.17) is 21.3 Å². The molecule has 1 spiro atoms. The van der Waals surface area contributed by atoms with Gasteiger partial charge in [-0.15, -0.1) is 18.2 Å². The van der Waals surface area contributed by atoms with Gasteiger partial charge in [0.1, 0.15) is 17.1 Å². The van der Waals surface area contributed by atoms with Crippen molar-refractivity contribution in [2.45, 2.75) is 31.2 Å². The highest BCUT2D eigenvalue weighted by Gasteiger charge is 2.45. The number of nitrogens with one attached hydrogen (secondary N) is 1. The number of piperidine rings is 1. The van der Waals surface area contributed by atoms with Crippen molar-refractivity contribution < 1.29 is 37.2 Å². The van der Waals surface area contributed by atoms with Crippen LogP contribution >= 0.6 is 11.6 Å². The van der Waals surface area contributed by atoms with Gasteiger partial charge in [-0.3, -0.25) is 10.1 Å². The number of aromatic nitrogens is 1. The van der Waals surface area contributed by atoms with Gasteiger partial charge in [-0.2, -0.15) is 0 Å². The van der Waals surface area contributed by atoms with Gasteiger partial charge in [0.15, 0.2) is 5.75 Å². The zero-order valence-corrected chi connectivity index (χ0v) is 22.0. The molecule has 2 amide bonds. The Labute approximate surface area is 232 Å². The topological polar surface area (TPSA) is 109 Å². The molecule has 1 aromatic heterocycles. The van der Waals surface area contributed by atoms with E-state index in [0.29, 0.717) is 62.0 Å². The fourth-order valence-electron chi connectivity index (χ4n) is 4.84. The third-order valence-electron chi connectivity index (χ3n) is 6.89. The van der Waals surface area contributed by atoms with Crippen molar-refractivity contribution in [3.05, 3.63) is 47.6 Å². The predicted molar refractivity (Wildman–Crippen MR) is 138 cm³/mol. The molecular formula is C25H26ClF3N6O5. The van der Waals surface area contributed by atoms with Crippen LogP contribution < -0.4 is 15.0 Å². The van der Waals surface area contributed by atoms with Crippen molar-refractivity contribution in [1.29, 1.82) is 0 Å². The molecule has 214 valence electrons. The van der Waals surface area contributed by atoms with Crippen LogP contribution in [-0.2, 0) is 14.5 Å². The summed E-state index contributed by atoms with van der Waals surface area (Å²) in [6, 6.07) is 8.70. The number of piperazine rings is 1. The molecule has 15 heteroatoms. The number of anilines is 2. The molecule has 40 heavy (non-hydrogen) atoms. The highest BCUT2D eigenvalue weighted by molar-refractivity contribution is 6.39. The first kappa shape index (κ1) is 27.8. The number of hydrogen-bond acceptors (Lipinski definition) is 9. The fourth-order valence-corrected chi connectivity index (χ4v) is 5.08. The Morgan fingerprint density at radius 2 is 1.75 bits per heavy atom. The van der Waals surface area contributed by atoms with Gasteiger partial charge in [0.05, 0.1) is 10.7 Å². The van der Waals surface area contributed by atoms with Gasteiger partial charge in [0, 0.05) is 64.7 Å². The van der Waals surface area contributed by atoms with E-state index in [1.807, 2.05) is 4.90 Å². The number of carbonyl (C=O) groups is 2. The summed E-state index contributed by atoms with van der Waals surface area (Å²) >= 11 is 6.25. The molecule has 2 fully saturated rings. The summed E-state index contributed by atoms with van der Waals surface area (Å²) in [7, 11) is 0. The van der Waals surface area contributed by atoms with E-state index in [2.05, 4.69) is 20.2 Å². The van der Waals surface area contributed by atoms with Gasteiger partial charge in [0.25, 0.3) is 5.91 Å². The maximum atomic E-state index is 13.1. The third-order valence-corrected chi connectivity index (χ3v) is 7.18. The molecule has 4 heterocycles. The summed E-state index contributed by atoms with van der Waals surface area (Å²) in [5.74, 6) is -0.0418. The van der Waals surface area contributed by atoms with Crippen molar-refractivity contribution >= 4 is 40.8 Å². The van der Waals surface area contributed by atoms with E-state index in [0.717, 1.165) is 6.07 Å². The molecule has 1 aromatic carbocycles. The minimum atomic E-state index is -4.91. The molecule has 1 N–H and O–H groups in total. The second kappa shape index (κ2) is 11.4. The smallest absolute Gasteiger partial charge is 0.404 e. The van der Waals surface area contributed by atoms with Crippen LogP contribution in [0.15, 0.2) is 47.8 Å². The van der Waals surface area contributed by atoms with Gasteiger partial charge in [-0.25, -0.2) is 9.78 Å². The van der Waals surface area contributed by atoms with Crippen molar-refractivity contribution in [2.75, 3.05) is 49.5 Å². The van der Waals surface area contributed by atoms with Crippen molar-refractivity contribution in [3.8, 4) is 5.75 Å². The Balaban J connectivity index is 1.08. The molecular weight excluding hydrogens is 557 g/mol. The van der Waals surface area contributed by atoms with Crippen molar-refractivity contribution in [3.63, 3.8) is 0 Å². The molecule has 0 radical (unpaired) electrons. The van der Waals surface area contributed by atoms with Gasteiger partial charge in [0.2, 0.25) is 0 Å². The standard InChI is InChI=1S/C25H26ClF3N6O5/c26-17-4-3-9-30-21(17)33-12-14-34(15-13-33)22(36)19-16-24(40-32-19)7-10-35(11-8-24)39-23(37)31-18-5-1-2-6-20(18)38-25(27,28)29/h1-6,9H,7-8,10-16H2,(H,31,37). The van der Waals surface area contributed by atoms with Crippen LogP contribution in [0.4, 0.5) is 29.5 Å². The largest absolute Gasteiger partial charge is 0.573 e. The first-order valence-corrected chi connectivity index (χ1v) is 13.0. The van der Waals surface area contributed by atoms with Crippen LogP contribution in [0.2, 0.25) is 5.02 Å². The number of alkyl halides is 3. The molecule has 0 unspecified atom stereocenters. The van der Waals surface area contributed by atoms with Crippen LogP contribution in [0.1, 0.15) is 19.3 Å². The zero-order chi connectivity index (χ0) is 28.3. The molecule has 0 aliphatic carbocycles. The molecule has 11 nitrogen and oxygen atoms in total. The fraction of sp³-hybridized carbons (Fsp3) is 0.440. The van der Waals surface area contributed by atoms with E-state index in [1.165, 1.54) is 23.3 Å². The molecule has 3 aliphatic heterocycles. The lowest BCUT2D eigenvalue weighted by atomic mass is 9.87. The molecule has 2 saturated heterocycles. The number of hydrogen-bond donors (Lipinski definition) is 1. The second-order valence-electron chi connectivity index (χ2n) is 9.55. The first-order chi connectivity index (χ1) is 19.1. The maximum Gasteiger partial charge on any atom is 0.573 e. The van der Waals surface area contributed by atoms with E-state index < -0.39 is 23.8 Å². The van der Waals surface area contributed by atoms with Crippen molar-refractivity contribution in [2.24, 2.45) is 5.16 Å². The normalized spacial score (nSPS) is 19.1. The summed E-state index contributed by atoms with van der Waals surface area (Å²) in [5, 5.41) is 8.31. The maximum absolute atomic E-state index is 13.1. The Morgan fingerprint density at radius 3 is 2.45 bits per heavy atom. The number of para-hydroxylation sites is 2. The summed E-state index contributed by atoms with van der Waals surface area (Å²) < 4.78 is 41.8. The molecule has 3 aliphatic rings. The Morgan fingerprint density at radius 1 is 1.02 bits per heavy atom. The Bertz CT molecular complexity index is 1280. The minimum Gasteiger partial charge on any atom is -0.404 e. The van der Waals surface area contributed by atoms with Gasteiger partial charge in [-0.05, 0) is 24.3 Å². The number of ether oxygens (including phenoxy) is 1. The van der Waals surface area contributed by atoms with E-state index in [9.17, 15) is 22.8 Å². The van der Waals surface area contributed by atoms with Crippen LogP contribution in [0.5, 0.6) is 5.75 Å². The first-order valence-electron chi connectivity index (χ1n) is 12.6. The lowest BCUT2D eigenvalue weighted by molar-refractivity contribution is -0.274. The Hall–Kier alpha value is -3.78. The number of hydroxylamine groups is 2. The number of rotatable bonds is 5. The molecule has 0 saturated carbocycles. The summed E-state index contributed by atoms with van der Waals surface area (Å²) in [4.78, 5) is 44.5. The van der Waals surface area contributed by atoms with Crippen LogP contribution in [0.25, 0.3) is 0 Å². The van der Waals surface area contributed by atoms with Crippen LogP contribution in [-0.4, -0.2) is 83.9 Å². The van der Waals surface area contributed by atoms with Gasteiger partial charge < -0.3 is 24.2 Å². The molecule has 2 aromatic rings. The SMILES string of the molecule is O=C(Nc1ccccc1OC(F)(F)F)ON1CCC2(CC1)CC(C(=O)N1CCN(c3ncccc3Cl)CC1)=NO2. The van der Waals surface area contributed by atoms with Gasteiger partial charge >= 0.3 is 12.5 Å². The molecule has 0 bridgehead atoms. The van der Waals surface area contributed by atoms with E-state index in [-0.39, 0.29) is 24.7 Å². The monoisotopic (exact) mass is 582 g/mol. The molecule has 5 rings (SSSR count). The number of pyridine rings is 1. The van der Waals surface area contributed by atoms with Crippen LogP contribution in [0.3, 0.4) is 0 Å². The number of benzene rings is 1. The lowest BCUT2D eigenvalue weighted by Crippen LogP contribution is -2.51. The highest BCUT2D eigenvalue weighted by atomic mass is 35.5. The zero-order valence-electron chi connectivity index (χ0n) is 21.2. The van der Waals surface area contributed by atoms with Crippen LogP contribution in [0, 0.1) is 0 Å². The van der Waals surface area contributed by atoms with Gasteiger partial charge in [-0.1, -0.05) is 28.9 Å². The second-order valence-corrected chi connectivity index (χ2v) is 9.96. The number of halogens is 4. The summed E-state index contributed by atoms with van der Waals surface area (Å²) in [5.41, 5.74) is -0.520. The average molecular weight is 583 g/mol. The summed E-state index contributed by atoms with van der Waals surface area (Å²) in [6.07, 6.45) is -2.99. The number of amides is 2. The van der Waals surface area contributed by atoms with E-state index >= 15 is 0 Å². The summed E-state index contributed by atoms with van der Waals surface area (Å²) in [6.45, 7) is 2.73. The quantitative estimate of drug-likeness (QED) is 0.562. The number of oxime groups is 1. The Kier molecular flexibility index (Phi) is 7.90.